The molecule has 3 aromatic heterocycles. The zero-order valence-electron chi connectivity index (χ0n) is 16.2. The number of thiazole rings is 1. The van der Waals surface area contributed by atoms with Crippen molar-refractivity contribution in [2.75, 3.05) is 7.05 Å². The first kappa shape index (κ1) is 18.9. The average molecular weight is 404 g/mol. The van der Waals surface area contributed by atoms with Crippen LogP contribution >= 0.6 is 11.3 Å². The van der Waals surface area contributed by atoms with Gasteiger partial charge in [-0.1, -0.05) is 19.1 Å². The third kappa shape index (κ3) is 4.07. The summed E-state index contributed by atoms with van der Waals surface area (Å²) in [6, 6.07) is 11.6. The van der Waals surface area contributed by atoms with E-state index in [-0.39, 0.29) is 5.91 Å². The van der Waals surface area contributed by atoms with Crippen molar-refractivity contribution in [2.24, 2.45) is 0 Å². The average Bonchev–Trinajstić information content (AvgIpc) is 3.44. The lowest BCUT2D eigenvalue weighted by Gasteiger charge is -2.17. The number of nitrogens with zero attached hydrogens (tertiary/aromatic N) is 6. The first-order chi connectivity index (χ1) is 14.2. The lowest BCUT2D eigenvalue weighted by Crippen LogP contribution is -2.26. The molecule has 0 aliphatic heterocycles. The van der Waals surface area contributed by atoms with Crippen molar-refractivity contribution in [3.63, 3.8) is 0 Å². The van der Waals surface area contributed by atoms with Crippen molar-refractivity contribution in [3.8, 4) is 16.5 Å². The van der Waals surface area contributed by atoms with E-state index in [1.54, 1.807) is 41.3 Å². The summed E-state index contributed by atoms with van der Waals surface area (Å²) in [4.78, 5) is 28.6. The third-order valence-electron chi connectivity index (χ3n) is 4.43. The predicted octanol–water partition coefficient (Wildman–Crippen LogP) is 3.62. The maximum Gasteiger partial charge on any atom is 0.265 e. The Morgan fingerprint density at radius 2 is 1.97 bits per heavy atom. The number of hydrogen-bond acceptors (Lipinski definition) is 6. The topological polar surface area (TPSA) is 76.8 Å². The monoisotopic (exact) mass is 404 g/mol. The molecule has 0 saturated heterocycles. The fourth-order valence-electron chi connectivity index (χ4n) is 3.00. The molecule has 0 atom stereocenters. The van der Waals surface area contributed by atoms with Crippen LogP contribution in [0.1, 0.15) is 27.9 Å². The van der Waals surface area contributed by atoms with Crippen LogP contribution in [0.3, 0.4) is 0 Å². The highest BCUT2D eigenvalue weighted by molar-refractivity contribution is 7.17. The Kier molecular flexibility index (Phi) is 5.44. The number of rotatable bonds is 6. The smallest absolute Gasteiger partial charge is 0.265 e. The molecule has 0 bridgehead atoms. The van der Waals surface area contributed by atoms with Gasteiger partial charge in [-0.3, -0.25) is 4.79 Å². The number of hydrogen-bond donors (Lipinski definition) is 0. The highest BCUT2D eigenvalue weighted by Gasteiger charge is 2.22. The number of aryl methyl sites for hydroxylation is 1. The summed E-state index contributed by atoms with van der Waals surface area (Å²) in [5.74, 6) is 0.492. The number of carbonyl (C=O) groups is 1. The number of carbonyl (C=O) groups excluding carboxylic acids is 1. The van der Waals surface area contributed by atoms with Gasteiger partial charge < -0.3 is 4.90 Å². The minimum Gasteiger partial charge on any atom is -0.337 e. The molecule has 4 rings (SSSR count). The van der Waals surface area contributed by atoms with E-state index in [9.17, 15) is 4.79 Å². The van der Waals surface area contributed by atoms with Crippen molar-refractivity contribution in [1.82, 2.24) is 29.6 Å². The van der Waals surface area contributed by atoms with E-state index >= 15 is 0 Å². The van der Waals surface area contributed by atoms with Crippen molar-refractivity contribution in [2.45, 2.75) is 19.9 Å². The van der Waals surface area contributed by atoms with Gasteiger partial charge in [0.2, 0.25) is 0 Å². The summed E-state index contributed by atoms with van der Waals surface area (Å²) in [6.45, 7) is 2.49. The molecular weight excluding hydrogens is 384 g/mol. The predicted molar refractivity (Wildman–Crippen MR) is 112 cm³/mol. The van der Waals surface area contributed by atoms with Crippen molar-refractivity contribution >= 4 is 17.2 Å². The Hall–Kier alpha value is -3.39. The molecule has 0 aliphatic rings. The first-order valence-corrected chi connectivity index (χ1v) is 10.1. The van der Waals surface area contributed by atoms with Crippen molar-refractivity contribution in [3.05, 3.63) is 77.3 Å². The molecule has 0 spiro atoms. The summed E-state index contributed by atoms with van der Waals surface area (Å²) in [5, 5.41) is 4.93. The molecule has 1 amide bonds. The molecule has 1 aromatic carbocycles. The van der Waals surface area contributed by atoms with E-state index in [4.69, 9.17) is 0 Å². The van der Waals surface area contributed by atoms with E-state index in [1.165, 1.54) is 11.3 Å². The Labute approximate surface area is 172 Å². The van der Waals surface area contributed by atoms with Gasteiger partial charge in [-0.15, -0.1) is 11.3 Å². The van der Waals surface area contributed by atoms with Crippen molar-refractivity contribution in [1.29, 1.82) is 0 Å². The molecule has 0 aliphatic carbocycles. The molecule has 4 aromatic rings. The zero-order valence-corrected chi connectivity index (χ0v) is 17.0. The number of amides is 1. The molecule has 0 radical (unpaired) electrons. The molecule has 7 nitrogen and oxygen atoms in total. The minimum atomic E-state index is -0.0500. The van der Waals surface area contributed by atoms with Gasteiger partial charge in [0.1, 0.15) is 4.88 Å². The quantitative estimate of drug-likeness (QED) is 0.491. The Balaban J connectivity index is 1.55. The van der Waals surface area contributed by atoms with Gasteiger partial charge >= 0.3 is 0 Å². The number of aromatic nitrogens is 5. The van der Waals surface area contributed by atoms with Crippen LogP contribution in [0.2, 0.25) is 0 Å². The van der Waals surface area contributed by atoms with Gasteiger partial charge in [0.25, 0.3) is 5.91 Å². The fraction of sp³-hybridized carbons (Fsp3) is 0.190. The van der Waals surface area contributed by atoms with E-state index in [2.05, 4.69) is 20.1 Å². The van der Waals surface area contributed by atoms with Gasteiger partial charge in [0, 0.05) is 38.4 Å². The normalized spacial score (nSPS) is 10.8. The maximum atomic E-state index is 13.1. The summed E-state index contributed by atoms with van der Waals surface area (Å²) in [6.07, 6.45) is 7.66. The summed E-state index contributed by atoms with van der Waals surface area (Å²) >= 11 is 1.34. The van der Waals surface area contributed by atoms with Crippen molar-refractivity contribution < 1.29 is 4.79 Å². The number of benzene rings is 1. The van der Waals surface area contributed by atoms with Gasteiger partial charge in [0.05, 0.1) is 11.4 Å². The largest absolute Gasteiger partial charge is 0.337 e. The molecule has 146 valence electrons. The molecule has 29 heavy (non-hydrogen) atoms. The minimum absolute atomic E-state index is 0.0500. The summed E-state index contributed by atoms with van der Waals surface area (Å²) in [5.41, 5.74) is 2.77. The fourth-order valence-corrected chi connectivity index (χ4v) is 4.10. The van der Waals surface area contributed by atoms with Gasteiger partial charge in [-0.25, -0.2) is 19.6 Å². The third-order valence-corrected chi connectivity index (χ3v) is 5.51. The lowest BCUT2D eigenvalue weighted by molar-refractivity contribution is 0.0788. The van der Waals surface area contributed by atoms with E-state index in [0.29, 0.717) is 28.7 Å². The Morgan fingerprint density at radius 1 is 1.14 bits per heavy atom. The molecule has 0 N–H and O–H groups in total. The van der Waals surface area contributed by atoms with Gasteiger partial charge in [-0.2, -0.15) is 5.10 Å². The van der Waals surface area contributed by atoms with E-state index in [1.807, 2.05) is 43.5 Å². The second-order valence-corrected chi connectivity index (χ2v) is 7.50. The van der Waals surface area contributed by atoms with Crippen LogP contribution in [0.15, 0.2) is 61.2 Å². The summed E-state index contributed by atoms with van der Waals surface area (Å²) in [7, 11) is 1.81. The molecule has 0 unspecified atom stereocenters. The van der Waals surface area contributed by atoms with E-state index < -0.39 is 0 Å². The second kappa shape index (κ2) is 8.32. The highest BCUT2D eigenvalue weighted by Crippen LogP contribution is 2.27. The highest BCUT2D eigenvalue weighted by atomic mass is 32.1. The van der Waals surface area contributed by atoms with Crippen LogP contribution in [0.5, 0.6) is 0 Å². The van der Waals surface area contributed by atoms with Gasteiger partial charge in [-0.05, 0) is 36.2 Å². The van der Waals surface area contributed by atoms with Crippen LogP contribution in [-0.4, -0.2) is 42.6 Å². The molecule has 0 saturated carbocycles. The van der Waals surface area contributed by atoms with Crippen LogP contribution in [-0.2, 0) is 13.0 Å². The van der Waals surface area contributed by atoms with Crippen LogP contribution in [0.4, 0.5) is 0 Å². The standard InChI is InChI=1S/C21H20N6OS/c1-3-17-18(29-20(25-17)19-22-9-5-10-23-19)21(28)26(2)14-15-7-4-8-16(13-15)27-12-6-11-24-27/h4-13H,3,14H2,1-2H3. The molecule has 3 heterocycles. The van der Waals surface area contributed by atoms with Crippen LogP contribution < -0.4 is 0 Å². The second-order valence-electron chi connectivity index (χ2n) is 6.50. The molecule has 0 fully saturated rings. The first-order valence-electron chi connectivity index (χ1n) is 9.27. The molecule has 8 heteroatoms. The molecular formula is C21H20N6OS. The Morgan fingerprint density at radius 3 is 2.69 bits per heavy atom. The SMILES string of the molecule is CCc1nc(-c2ncccn2)sc1C(=O)N(C)Cc1cccc(-n2cccn2)c1. The van der Waals surface area contributed by atoms with Crippen LogP contribution in [0.25, 0.3) is 16.5 Å². The van der Waals surface area contributed by atoms with Crippen LogP contribution in [0, 0.1) is 0 Å². The van der Waals surface area contributed by atoms with E-state index in [0.717, 1.165) is 16.9 Å². The lowest BCUT2D eigenvalue weighted by atomic mass is 10.2. The maximum absolute atomic E-state index is 13.1. The van der Waals surface area contributed by atoms with Gasteiger partial charge in [0.15, 0.2) is 10.8 Å². The zero-order chi connectivity index (χ0) is 20.2. The Bertz CT molecular complexity index is 1110. The summed E-state index contributed by atoms with van der Waals surface area (Å²) < 4.78 is 1.80.